The number of rotatable bonds is 3. The predicted octanol–water partition coefficient (Wildman–Crippen LogP) is 3.56. The van der Waals surface area contributed by atoms with Gasteiger partial charge in [-0.25, -0.2) is 4.39 Å². The summed E-state index contributed by atoms with van der Waals surface area (Å²) in [7, 11) is 0. The van der Waals surface area contributed by atoms with Crippen molar-refractivity contribution in [2.45, 2.75) is 11.8 Å². The number of halogens is 2. The Hall–Kier alpha value is -1.38. The highest BCUT2D eigenvalue weighted by Gasteiger charge is 2.38. The average molecular weight is 276 g/mol. The van der Waals surface area contributed by atoms with Crippen molar-refractivity contribution in [1.29, 1.82) is 0 Å². The van der Waals surface area contributed by atoms with Crippen molar-refractivity contribution in [2.24, 2.45) is 0 Å². The first-order valence-electron chi connectivity index (χ1n) is 6.39. The lowest BCUT2D eigenvalue weighted by molar-refractivity contribution is 0.274. The largest absolute Gasteiger partial charge is 0.315 e. The van der Waals surface area contributed by atoms with Crippen LogP contribution in [-0.2, 0) is 11.8 Å². The molecule has 2 aromatic carbocycles. The summed E-state index contributed by atoms with van der Waals surface area (Å²) in [6.07, 6.45) is 0.879. The second-order valence-corrected chi connectivity index (χ2v) is 5.64. The van der Waals surface area contributed by atoms with E-state index in [0.717, 1.165) is 30.1 Å². The Kier molecular flexibility index (Phi) is 3.29. The van der Waals surface area contributed by atoms with E-state index in [1.165, 1.54) is 11.6 Å². The summed E-state index contributed by atoms with van der Waals surface area (Å²) in [6.45, 7) is 1.76. The standard InChI is InChI=1S/C16H15ClFN/c17-14-5-1-3-12(7-14)9-16(10-19-11-16)13-4-2-6-15(18)8-13/h1-8,19H,9-11H2. The summed E-state index contributed by atoms with van der Waals surface area (Å²) < 4.78 is 13.4. The minimum atomic E-state index is -0.171. The number of hydrogen-bond acceptors (Lipinski definition) is 1. The molecule has 98 valence electrons. The molecule has 0 aromatic heterocycles. The van der Waals surface area contributed by atoms with Gasteiger partial charge >= 0.3 is 0 Å². The highest BCUT2D eigenvalue weighted by atomic mass is 35.5. The molecule has 0 saturated carbocycles. The van der Waals surface area contributed by atoms with E-state index in [2.05, 4.69) is 11.4 Å². The van der Waals surface area contributed by atoms with Crippen LogP contribution < -0.4 is 5.32 Å². The smallest absolute Gasteiger partial charge is 0.123 e. The zero-order valence-electron chi connectivity index (χ0n) is 10.5. The molecule has 1 saturated heterocycles. The molecule has 2 aromatic rings. The van der Waals surface area contributed by atoms with Crippen molar-refractivity contribution < 1.29 is 4.39 Å². The zero-order valence-corrected chi connectivity index (χ0v) is 11.3. The fourth-order valence-corrected chi connectivity index (χ4v) is 2.93. The van der Waals surface area contributed by atoms with Crippen molar-refractivity contribution in [3.63, 3.8) is 0 Å². The molecule has 1 fully saturated rings. The first-order valence-corrected chi connectivity index (χ1v) is 6.77. The van der Waals surface area contributed by atoms with Gasteiger partial charge in [0.25, 0.3) is 0 Å². The lowest BCUT2D eigenvalue weighted by Gasteiger charge is -2.43. The molecule has 0 radical (unpaired) electrons. The van der Waals surface area contributed by atoms with Gasteiger partial charge in [-0.3, -0.25) is 0 Å². The van der Waals surface area contributed by atoms with Crippen LogP contribution in [0, 0.1) is 5.82 Å². The van der Waals surface area contributed by atoms with E-state index in [0.29, 0.717) is 0 Å². The molecule has 0 unspecified atom stereocenters. The monoisotopic (exact) mass is 275 g/mol. The van der Waals surface area contributed by atoms with Gasteiger partial charge in [-0.15, -0.1) is 0 Å². The number of nitrogens with one attached hydrogen (secondary N) is 1. The number of benzene rings is 2. The summed E-state index contributed by atoms with van der Waals surface area (Å²) in [4.78, 5) is 0. The average Bonchev–Trinajstić information content (AvgIpc) is 2.34. The van der Waals surface area contributed by atoms with Gasteiger partial charge in [-0.2, -0.15) is 0 Å². The summed E-state index contributed by atoms with van der Waals surface area (Å²) in [5.41, 5.74) is 2.25. The second kappa shape index (κ2) is 4.95. The minimum Gasteiger partial charge on any atom is -0.315 e. The van der Waals surface area contributed by atoms with E-state index < -0.39 is 0 Å². The third-order valence-electron chi connectivity index (χ3n) is 3.80. The Morgan fingerprint density at radius 2 is 1.89 bits per heavy atom. The molecule has 1 heterocycles. The van der Waals surface area contributed by atoms with Crippen LogP contribution in [0.15, 0.2) is 48.5 Å². The van der Waals surface area contributed by atoms with Gasteiger partial charge in [0.05, 0.1) is 0 Å². The van der Waals surface area contributed by atoms with E-state index >= 15 is 0 Å². The van der Waals surface area contributed by atoms with E-state index in [1.54, 1.807) is 12.1 Å². The van der Waals surface area contributed by atoms with Crippen LogP contribution >= 0.6 is 11.6 Å². The molecule has 0 amide bonds. The van der Waals surface area contributed by atoms with Crippen molar-refractivity contribution >= 4 is 11.6 Å². The molecular formula is C16H15ClFN. The SMILES string of the molecule is Fc1cccc(C2(Cc3cccc(Cl)c3)CNC2)c1. The maximum absolute atomic E-state index is 13.4. The predicted molar refractivity (Wildman–Crippen MR) is 76.1 cm³/mol. The van der Waals surface area contributed by atoms with E-state index in [1.807, 2.05) is 24.3 Å². The summed E-state index contributed by atoms with van der Waals surface area (Å²) >= 11 is 6.03. The summed E-state index contributed by atoms with van der Waals surface area (Å²) in [6, 6.07) is 14.8. The fraction of sp³-hybridized carbons (Fsp3) is 0.250. The molecule has 1 aliphatic rings. The lowest BCUT2D eigenvalue weighted by Crippen LogP contribution is -2.58. The van der Waals surface area contributed by atoms with Gasteiger partial charge < -0.3 is 5.32 Å². The van der Waals surface area contributed by atoms with Gasteiger partial charge in [0.1, 0.15) is 5.82 Å². The second-order valence-electron chi connectivity index (χ2n) is 5.20. The maximum Gasteiger partial charge on any atom is 0.123 e. The van der Waals surface area contributed by atoms with Crippen LogP contribution in [0.3, 0.4) is 0 Å². The molecule has 1 nitrogen and oxygen atoms in total. The van der Waals surface area contributed by atoms with Crippen molar-refractivity contribution in [1.82, 2.24) is 5.32 Å². The molecule has 0 aliphatic carbocycles. The Morgan fingerprint density at radius 1 is 1.11 bits per heavy atom. The Labute approximate surface area is 117 Å². The third kappa shape index (κ3) is 2.51. The van der Waals surface area contributed by atoms with Crippen LogP contribution in [0.25, 0.3) is 0 Å². The van der Waals surface area contributed by atoms with Gasteiger partial charge in [0, 0.05) is 23.5 Å². The van der Waals surface area contributed by atoms with E-state index in [-0.39, 0.29) is 11.2 Å². The fourth-order valence-electron chi connectivity index (χ4n) is 2.71. The quantitative estimate of drug-likeness (QED) is 0.903. The van der Waals surface area contributed by atoms with Crippen LogP contribution in [0.2, 0.25) is 5.02 Å². The Balaban J connectivity index is 1.91. The highest BCUT2D eigenvalue weighted by molar-refractivity contribution is 6.30. The molecule has 0 atom stereocenters. The normalized spacial score (nSPS) is 16.9. The molecule has 0 bridgehead atoms. The topological polar surface area (TPSA) is 12.0 Å². The first-order chi connectivity index (χ1) is 9.18. The summed E-state index contributed by atoms with van der Waals surface area (Å²) in [5.74, 6) is -0.171. The van der Waals surface area contributed by atoms with Crippen LogP contribution in [0.4, 0.5) is 4.39 Å². The third-order valence-corrected chi connectivity index (χ3v) is 4.03. The molecule has 1 N–H and O–H groups in total. The molecule has 1 aliphatic heterocycles. The zero-order chi connectivity index (χ0) is 13.3. The Bertz CT molecular complexity index is 593. The molecule has 3 heteroatoms. The van der Waals surface area contributed by atoms with Crippen molar-refractivity contribution in [2.75, 3.05) is 13.1 Å². The maximum atomic E-state index is 13.4. The van der Waals surface area contributed by atoms with Crippen LogP contribution in [-0.4, -0.2) is 13.1 Å². The van der Waals surface area contributed by atoms with E-state index in [4.69, 9.17) is 11.6 Å². The van der Waals surface area contributed by atoms with Gasteiger partial charge in [0.15, 0.2) is 0 Å². The van der Waals surface area contributed by atoms with Crippen LogP contribution in [0.1, 0.15) is 11.1 Å². The lowest BCUT2D eigenvalue weighted by atomic mass is 9.71. The van der Waals surface area contributed by atoms with Crippen molar-refractivity contribution in [3.05, 3.63) is 70.5 Å². The minimum absolute atomic E-state index is 0.00716. The summed E-state index contributed by atoms with van der Waals surface area (Å²) in [5, 5.41) is 4.05. The van der Waals surface area contributed by atoms with Gasteiger partial charge in [-0.1, -0.05) is 35.9 Å². The van der Waals surface area contributed by atoms with Gasteiger partial charge in [-0.05, 0) is 41.8 Å². The highest BCUT2D eigenvalue weighted by Crippen LogP contribution is 2.33. The number of hydrogen-bond donors (Lipinski definition) is 1. The molecule has 19 heavy (non-hydrogen) atoms. The van der Waals surface area contributed by atoms with Crippen LogP contribution in [0.5, 0.6) is 0 Å². The van der Waals surface area contributed by atoms with Gasteiger partial charge in [0.2, 0.25) is 0 Å². The Morgan fingerprint density at radius 3 is 2.53 bits per heavy atom. The van der Waals surface area contributed by atoms with Crippen molar-refractivity contribution in [3.8, 4) is 0 Å². The first kappa shape index (κ1) is 12.6. The molecule has 0 spiro atoms. The molecular weight excluding hydrogens is 261 g/mol. The molecule has 3 rings (SSSR count). The van der Waals surface area contributed by atoms with E-state index in [9.17, 15) is 4.39 Å².